The molecule has 7 heteroatoms. The van der Waals surface area contributed by atoms with Crippen LogP contribution in [0.4, 0.5) is 0 Å². The largest absolute Gasteiger partial charge is 0.493 e. The van der Waals surface area contributed by atoms with Crippen LogP contribution < -0.4 is 9.47 Å². The van der Waals surface area contributed by atoms with E-state index in [4.69, 9.17) is 31.8 Å². The maximum absolute atomic E-state index is 11.3. The Balaban J connectivity index is 3.50. The summed E-state index contributed by atoms with van der Waals surface area (Å²) in [7, 11) is 4.29. The molecule has 0 unspecified atom stereocenters. The quantitative estimate of drug-likeness (QED) is 0.629. The Morgan fingerprint density at radius 1 is 1.19 bits per heavy atom. The molecule has 0 heterocycles. The summed E-state index contributed by atoms with van der Waals surface area (Å²) in [6.45, 7) is 0. The first-order valence-electron chi connectivity index (χ1n) is 4.19. The normalized spacial score (nSPS) is 11.2. The lowest BCUT2D eigenvalue weighted by atomic mass is 10.2. The Hall–Kier alpha value is -0.650. The summed E-state index contributed by atoms with van der Waals surface area (Å²) in [4.78, 5) is -0.0678. The van der Waals surface area contributed by atoms with Crippen molar-refractivity contribution < 1.29 is 17.9 Å². The van der Waals surface area contributed by atoms with Crippen molar-refractivity contribution in [1.29, 1.82) is 0 Å². The van der Waals surface area contributed by atoms with Crippen LogP contribution in [0.3, 0.4) is 0 Å². The van der Waals surface area contributed by atoms with Crippen LogP contribution >= 0.6 is 22.3 Å². The first-order chi connectivity index (χ1) is 7.43. The molecule has 0 saturated heterocycles. The minimum absolute atomic E-state index is 0.0155. The highest BCUT2D eigenvalue weighted by molar-refractivity contribution is 8.13. The highest BCUT2D eigenvalue weighted by Crippen LogP contribution is 2.34. The lowest BCUT2D eigenvalue weighted by Gasteiger charge is -2.11. The number of rotatable bonds is 4. The average Bonchev–Trinajstić information content (AvgIpc) is 2.25. The van der Waals surface area contributed by atoms with Crippen LogP contribution in [-0.2, 0) is 14.9 Å². The number of ether oxygens (including phenoxy) is 2. The lowest BCUT2D eigenvalue weighted by molar-refractivity contribution is 0.353. The standard InChI is InChI=1S/C9H10Cl2O4S/c1-14-7-3-6(5-10)9(16(11,12)13)4-8(7)15-2/h3-4H,5H2,1-2H3. The highest BCUT2D eigenvalue weighted by atomic mass is 35.7. The molecule has 0 amide bonds. The molecule has 16 heavy (non-hydrogen) atoms. The van der Waals surface area contributed by atoms with Crippen LogP contribution in [0.15, 0.2) is 17.0 Å². The van der Waals surface area contributed by atoms with Crippen LogP contribution in [0, 0.1) is 0 Å². The molecule has 1 rings (SSSR count). The fourth-order valence-corrected chi connectivity index (χ4v) is 2.66. The van der Waals surface area contributed by atoms with Gasteiger partial charge in [0, 0.05) is 22.6 Å². The van der Waals surface area contributed by atoms with Gasteiger partial charge in [-0.3, -0.25) is 0 Å². The zero-order valence-electron chi connectivity index (χ0n) is 8.66. The van der Waals surface area contributed by atoms with E-state index in [2.05, 4.69) is 0 Å². The van der Waals surface area contributed by atoms with E-state index in [0.717, 1.165) is 0 Å². The second kappa shape index (κ2) is 5.12. The third-order valence-electron chi connectivity index (χ3n) is 1.97. The van der Waals surface area contributed by atoms with Gasteiger partial charge in [-0.15, -0.1) is 11.6 Å². The summed E-state index contributed by atoms with van der Waals surface area (Å²) >= 11 is 5.64. The van der Waals surface area contributed by atoms with Crippen LogP contribution in [0.25, 0.3) is 0 Å². The van der Waals surface area contributed by atoms with Crippen molar-refractivity contribution in [2.45, 2.75) is 10.8 Å². The number of hydrogen-bond donors (Lipinski definition) is 0. The van der Waals surface area contributed by atoms with E-state index in [1.807, 2.05) is 0 Å². The lowest BCUT2D eigenvalue weighted by Crippen LogP contribution is -2.00. The van der Waals surface area contributed by atoms with Gasteiger partial charge in [0.25, 0.3) is 9.05 Å². The molecule has 0 fully saturated rings. The van der Waals surface area contributed by atoms with E-state index in [0.29, 0.717) is 11.3 Å². The van der Waals surface area contributed by atoms with Gasteiger partial charge in [0.05, 0.1) is 19.1 Å². The third kappa shape index (κ3) is 2.72. The Morgan fingerprint density at radius 3 is 2.06 bits per heavy atom. The molecule has 0 spiro atoms. The molecular formula is C9H10Cl2O4S. The average molecular weight is 285 g/mol. The Kier molecular flexibility index (Phi) is 4.29. The van der Waals surface area contributed by atoms with Gasteiger partial charge in [-0.2, -0.15) is 0 Å². The molecule has 0 N–H and O–H groups in total. The smallest absolute Gasteiger partial charge is 0.261 e. The summed E-state index contributed by atoms with van der Waals surface area (Å²) in [6.07, 6.45) is 0. The summed E-state index contributed by atoms with van der Waals surface area (Å²) in [5.74, 6) is 0.708. The maximum Gasteiger partial charge on any atom is 0.261 e. The number of methoxy groups -OCH3 is 2. The van der Waals surface area contributed by atoms with Gasteiger partial charge in [0.2, 0.25) is 0 Å². The summed E-state index contributed by atoms with van der Waals surface area (Å²) < 4.78 is 32.6. The van der Waals surface area contributed by atoms with Crippen LogP contribution in [0.5, 0.6) is 11.5 Å². The van der Waals surface area contributed by atoms with Gasteiger partial charge in [-0.05, 0) is 11.6 Å². The van der Waals surface area contributed by atoms with Crippen molar-refractivity contribution in [1.82, 2.24) is 0 Å². The fraction of sp³-hybridized carbons (Fsp3) is 0.333. The second-order valence-corrected chi connectivity index (χ2v) is 5.69. The molecule has 90 valence electrons. The van der Waals surface area contributed by atoms with Gasteiger partial charge in [-0.1, -0.05) is 0 Å². The van der Waals surface area contributed by atoms with Crippen LogP contribution in [-0.4, -0.2) is 22.6 Å². The third-order valence-corrected chi connectivity index (χ3v) is 3.67. The minimum atomic E-state index is -3.85. The molecule has 0 atom stereocenters. The predicted molar refractivity (Wildman–Crippen MR) is 62.1 cm³/mol. The van der Waals surface area contributed by atoms with Crippen molar-refractivity contribution in [3.63, 3.8) is 0 Å². The molecule has 0 aromatic heterocycles. The van der Waals surface area contributed by atoms with E-state index in [-0.39, 0.29) is 16.5 Å². The summed E-state index contributed by atoms with van der Waals surface area (Å²) in [5, 5.41) is 0. The highest BCUT2D eigenvalue weighted by Gasteiger charge is 2.19. The van der Waals surface area contributed by atoms with Crippen molar-refractivity contribution in [2.75, 3.05) is 14.2 Å². The Morgan fingerprint density at radius 2 is 1.69 bits per heavy atom. The topological polar surface area (TPSA) is 52.6 Å². The number of halogens is 2. The minimum Gasteiger partial charge on any atom is -0.493 e. The Labute approximate surface area is 103 Å². The molecule has 4 nitrogen and oxygen atoms in total. The maximum atomic E-state index is 11.3. The van der Waals surface area contributed by atoms with Gasteiger partial charge in [0.15, 0.2) is 11.5 Å². The zero-order chi connectivity index (χ0) is 12.3. The first kappa shape index (κ1) is 13.4. The molecular weight excluding hydrogens is 275 g/mol. The van der Waals surface area contributed by atoms with Crippen molar-refractivity contribution in [2.24, 2.45) is 0 Å². The van der Waals surface area contributed by atoms with E-state index < -0.39 is 9.05 Å². The molecule has 1 aromatic rings. The molecule has 1 aromatic carbocycles. The summed E-state index contributed by atoms with van der Waals surface area (Å²) in [6, 6.07) is 2.78. The van der Waals surface area contributed by atoms with Gasteiger partial charge >= 0.3 is 0 Å². The van der Waals surface area contributed by atoms with Gasteiger partial charge < -0.3 is 9.47 Å². The molecule has 0 aliphatic heterocycles. The predicted octanol–water partition coefficient (Wildman–Crippen LogP) is 2.37. The molecule has 0 saturated carbocycles. The van der Waals surface area contributed by atoms with Crippen molar-refractivity contribution in [3.05, 3.63) is 17.7 Å². The molecule has 0 radical (unpaired) electrons. The molecule has 0 aliphatic carbocycles. The zero-order valence-corrected chi connectivity index (χ0v) is 11.0. The first-order valence-corrected chi connectivity index (χ1v) is 7.04. The second-order valence-electron chi connectivity index (χ2n) is 2.89. The summed E-state index contributed by atoms with van der Waals surface area (Å²) in [5.41, 5.74) is 0.370. The number of alkyl halides is 1. The van der Waals surface area contributed by atoms with Crippen molar-refractivity contribution in [3.8, 4) is 11.5 Å². The van der Waals surface area contributed by atoms with E-state index in [1.165, 1.54) is 26.4 Å². The number of hydrogen-bond acceptors (Lipinski definition) is 4. The van der Waals surface area contributed by atoms with Crippen LogP contribution in [0.2, 0.25) is 0 Å². The molecule has 0 bridgehead atoms. The Bertz CT molecular complexity index is 485. The fourth-order valence-electron chi connectivity index (χ4n) is 1.23. The SMILES string of the molecule is COc1cc(CCl)c(S(=O)(=O)Cl)cc1OC. The van der Waals surface area contributed by atoms with E-state index >= 15 is 0 Å². The van der Waals surface area contributed by atoms with Crippen LogP contribution in [0.1, 0.15) is 5.56 Å². The number of benzene rings is 1. The van der Waals surface area contributed by atoms with E-state index in [9.17, 15) is 8.42 Å². The van der Waals surface area contributed by atoms with E-state index in [1.54, 1.807) is 0 Å². The monoisotopic (exact) mass is 284 g/mol. The van der Waals surface area contributed by atoms with Gasteiger partial charge in [-0.25, -0.2) is 8.42 Å². The molecule has 0 aliphatic rings. The van der Waals surface area contributed by atoms with Crippen molar-refractivity contribution >= 4 is 31.3 Å². The van der Waals surface area contributed by atoms with Gasteiger partial charge in [0.1, 0.15) is 0 Å².